The molecule has 3 rings (SSSR count). The molecule has 1 aromatic heterocycles. The molecule has 8 nitrogen and oxygen atoms in total. The van der Waals surface area contributed by atoms with Crippen molar-refractivity contribution >= 4 is 15.8 Å². The number of hydrogen-bond acceptors (Lipinski definition) is 6. The highest BCUT2D eigenvalue weighted by Gasteiger charge is 2.46. The highest BCUT2D eigenvalue weighted by molar-refractivity contribution is 7.91. The van der Waals surface area contributed by atoms with Crippen molar-refractivity contribution in [1.82, 2.24) is 19.4 Å². The van der Waals surface area contributed by atoms with Gasteiger partial charge in [-0.25, -0.2) is 13.4 Å². The Kier molecular flexibility index (Phi) is 5.45. The molecule has 140 valence electrons. The minimum absolute atomic E-state index is 0.0458. The molecule has 2 saturated heterocycles. The molecule has 0 amide bonds. The Morgan fingerprint density at radius 3 is 2.60 bits per heavy atom. The molecule has 0 radical (unpaired) electrons. The molecule has 0 aliphatic carbocycles. The summed E-state index contributed by atoms with van der Waals surface area (Å²) in [5.41, 5.74) is 0. The lowest BCUT2D eigenvalue weighted by Crippen LogP contribution is -2.59. The van der Waals surface area contributed by atoms with E-state index in [1.165, 1.54) is 0 Å². The fourth-order valence-electron chi connectivity index (χ4n) is 3.93. The molecule has 2 aliphatic rings. The predicted molar refractivity (Wildman–Crippen MR) is 93.0 cm³/mol. The number of carboxylic acid groups (broad SMARTS) is 1. The molecule has 3 heterocycles. The summed E-state index contributed by atoms with van der Waals surface area (Å²) in [4.78, 5) is 19.6. The van der Waals surface area contributed by atoms with Crippen LogP contribution in [0, 0.1) is 0 Å². The van der Waals surface area contributed by atoms with Gasteiger partial charge < -0.3 is 9.67 Å². The summed E-state index contributed by atoms with van der Waals surface area (Å²) in [5.74, 6) is 0.387. The summed E-state index contributed by atoms with van der Waals surface area (Å²) < 4.78 is 26.5. The van der Waals surface area contributed by atoms with Gasteiger partial charge >= 0.3 is 5.97 Å². The second-order valence-electron chi connectivity index (χ2n) is 6.90. The van der Waals surface area contributed by atoms with E-state index in [2.05, 4.69) is 21.4 Å². The first-order valence-electron chi connectivity index (χ1n) is 8.80. The standard InChI is InChI=1S/C16H26N4O4S/c1-2-5-19-7-4-17-15(19)10-20-9-8-18(6-3-16(21)22)13-11-25(23,24)12-14(13)20/h4,7,13-14H,2-3,5-6,8-12H2,1H3,(H,21,22)/t13-,14+/m1/s1. The second-order valence-corrected chi connectivity index (χ2v) is 9.05. The van der Waals surface area contributed by atoms with Crippen LogP contribution >= 0.6 is 0 Å². The minimum Gasteiger partial charge on any atom is -0.481 e. The van der Waals surface area contributed by atoms with Crippen LogP contribution in [0.4, 0.5) is 0 Å². The maximum absolute atomic E-state index is 12.2. The van der Waals surface area contributed by atoms with Gasteiger partial charge in [0, 0.05) is 50.7 Å². The van der Waals surface area contributed by atoms with Gasteiger partial charge in [0.1, 0.15) is 5.82 Å². The van der Waals surface area contributed by atoms with Crippen molar-refractivity contribution in [2.45, 2.75) is 44.9 Å². The molecule has 9 heteroatoms. The maximum Gasteiger partial charge on any atom is 0.304 e. The monoisotopic (exact) mass is 370 g/mol. The molecule has 0 saturated carbocycles. The third kappa shape index (κ3) is 4.21. The molecule has 0 unspecified atom stereocenters. The van der Waals surface area contributed by atoms with Gasteiger partial charge in [0.25, 0.3) is 0 Å². The number of carboxylic acids is 1. The van der Waals surface area contributed by atoms with Crippen LogP contribution in [0.2, 0.25) is 0 Å². The number of rotatable bonds is 7. The lowest BCUT2D eigenvalue weighted by Gasteiger charge is -2.43. The smallest absolute Gasteiger partial charge is 0.304 e. The molecular weight excluding hydrogens is 344 g/mol. The summed E-state index contributed by atoms with van der Waals surface area (Å²) in [7, 11) is -3.09. The fourth-order valence-corrected chi connectivity index (χ4v) is 5.97. The zero-order chi connectivity index (χ0) is 18.0. The van der Waals surface area contributed by atoms with Crippen LogP contribution in [0.15, 0.2) is 12.4 Å². The summed E-state index contributed by atoms with van der Waals surface area (Å²) >= 11 is 0. The number of aromatic nitrogens is 2. The fraction of sp³-hybridized carbons (Fsp3) is 0.750. The van der Waals surface area contributed by atoms with E-state index in [0.717, 1.165) is 25.3 Å². The highest BCUT2D eigenvalue weighted by atomic mass is 32.2. The lowest BCUT2D eigenvalue weighted by molar-refractivity contribution is -0.137. The van der Waals surface area contributed by atoms with Crippen molar-refractivity contribution in [3.63, 3.8) is 0 Å². The van der Waals surface area contributed by atoms with Crippen LogP contribution in [0.25, 0.3) is 0 Å². The lowest BCUT2D eigenvalue weighted by atomic mass is 10.0. The number of sulfone groups is 1. The van der Waals surface area contributed by atoms with E-state index >= 15 is 0 Å². The number of nitrogens with zero attached hydrogens (tertiary/aromatic N) is 4. The number of piperazine rings is 1. The summed E-state index contributed by atoms with van der Waals surface area (Å²) in [6, 6.07) is -0.202. The van der Waals surface area contributed by atoms with Gasteiger partial charge in [-0.15, -0.1) is 0 Å². The molecule has 1 aromatic rings. The number of aryl methyl sites for hydroxylation is 1. The molecule has 0 aromatic carbocycles. The molecule has 1 N–H and O–H groups in total. The number of fused-ring (bicyclic) bond motifs is 1. The minimum atomic E-state index is -3.09. The van der Waals surface area contributed by atoms with Gasteiger partial charge in [-0.3, -0.25) is 14.6 Å². The number of hydrogen-bond donors (Lipinski definition) is 1. The van der Waals surface area contributed by atoms with Crippen molar-refractivity contribution in [2.75, 3.05) is 31.1 Å². The average Bonchev–Trinajstić information content (AvgIpc) is 3.10. The number of imidazole rings is 1. The third-order valence-electron chi connectivity index (χ3n) is 5.13. The Labute approximate surface area is 148 Å². The van der Waals surface area contributed by atoms with E-state index in [4.69, 9.17) is 5.11 Å². The second kappa shape index (κ2) is 7.43. The van der Waals surface area contributed by atoms with E-state index in [1.807, 2.05) is 11.1 Å². The van der Waals surface area contributed by atoms with Crippen molar-refractivity contribution in [1.29, 1.82) is 0 Å². The predicted octanol–water partition coefficient (Wildman–Crippen LogP) is 0.0510. The number of aliphatic carboxylic acids is 1. The van der Waals surface area contributed by atoms with Gasteiger partial charge in [0.2, 0.25) is 0 Å². The number of carbonyl (C=O) groups is 1. The normalized spacial score (nSPS) is 26.6. The van der Waals surface area contributed by atoms with E-state index in [1.54, 1.807) is 6.20 Å². The van der Waals surface area contributed by atoms with Crippen LogP contribution in [-0.4, -0.2) is 82.1 Å². The summed E-state index contributed by atoms with van der Waals surface area (Å²) in [6.45, 7) is 5.49. The van der Waals surface area contributed by atoms with Crippen LogP contribution in [0.5, 0.6) is 0 Å². The zero-order valence-corrected chi connectivity index (χ0v) is 15.4. The SMILES string of the molecule is CCCn1ccnc1CN1CCN(CCC(=O)O)[C@@H]2CS(=O)(=O)C[C@@H]21. The largest absolute Gasteiger partial charge is 0.481 e. The third-order valence-corrected chi connectivity index (χ3v) is 6.83. The van der Waals surface area contributed by atoms with Gasteiger partial charge in [-0.1, -0.05) is 6.92 Å². The Bertz CT molecular complexity index is 717. The van der Waals surface area contributed by atoms with E-state index in [9.17, 15) is 13.2 Å². The van der Waals surface area contributed by atoms with Crippen LogP contribution < -0.4 is 0 Å². The summed E-state index contributed by atoms with van der Waals surface area (Å²) in [6.07, 6.45) is 4.82. The molecular formula is C16H26N4O4S. The van der Waals surface area contributed by atoms with Crippen molar-refractivity contribution in [2.24, 2.45) is 0 Å². The Hall–Kier alpha value is -1.45. The molecule has 2 aliphatic heterocycles. The Morgan fingerprint density at radius 2 is 1.92 bits per heavy atom. The Morgan fingerprint density at radius 1 is 1.24 bits per heavy atom. The van der Waals surface area contributed by atoms with Gasteiger partial charge in [0.15, 0.2) is 9.84 Å². The molecule has 0 spiro atoms. The highest BCUT2D eigenvalue weighted by Crippen LogP contribution is 2.28. The van der Waals surface area contributed by atoms with E-state index in [-0.39, 0.29) is 30.0 Å². The maximum atomic E-state index is 12.2. The van der Waals surface area contributed by atoms with Crippen LogP contribution in [0.1, 0.15) is 25.6 Å². The average molecular weight is 370 g/mol. The van der Waals surface area contributed by atoms with E-state index in [0.29, 0.717) is 19.6 Å². The topological polar surface area (TPSA) is 95.7 Å². The quantitative estimate of drug-likeness (QED) is 0.724. The Balaban J connectivity index is 1.74. The van der Waals surface area contributed by atoms with Crippen LogP contribution in [-0.2, 0) is 27.7 Å². The molecule has 2 atom stereocenters. The first-order chi connectivity index (χ1) is 11.9. The molecule has 25 heavy (non-hydrogen) atoms. The molecule has 0 bridgehead atoms. The van der Waals surface area contributed by atoms with E-state index < -0.39 is 15.8 Å². The zero-order valence-electron chi connectivity index (χ0n) is 14.5. The van der Waals surface area contributed by atoms with Crippen molar-refractivity contribution < 1.29 is 18.3 Å². The molecule has 2 fully saturated rings. The van der Waals surface area contributed by atoms with Crippen LogP contribution in [0.3, 0.4) is 0 Å². The first kappa shape index (κ1) is 18.3. The van der Waals surface area contributed by atoms with Crippen molar-refractivity contribution in [3.05, 3.63) is 18.2 Å². The van der Waals surface area contributed by atoms with Gasteiger partial charge in [-0.05, 0) is 6.42 Å². The van der Waals surface area contributed by atoms with Crippen molar-refractivity contribution in [3.8, 4) is 0 Å². The summed E-state index contributed by atoms with van der Waals surface area (Å²) in [5, 5.41) is 8.93. The van der Waals surface area contributed by atoms with Gasteiger partial charge in [0.05, 0.1) is 24.5 Å². The van der Waals surface area contributed by atoms with Gasteiger partial charge in [-0.2, -0.15) is 0 Å². The first-order valence-corrected chi connectivity index (χ1v) is 10.6.